The fourth-order valence-electron chi connectivity index (χ4n) is 3.84. The molecule has 4 rings (SSSR count). The van der Waals surface area contributed by atoms with Crippen LogP contribution in [0.2, 0.25) is 0 Å². The van der Waals surface area contributed by atoms with Crippen LogP contribution in [0.3, 0.4) is 0 Å². The molecule has 1 aromatic carbocycles. The fourth-order valence-corrected chi connectivity index (χ4v) is 4.90. The molecule has 120 valence electrons. The summed E-state index contributed by atoms with van der Waals surface area (Å²) in [6.07, 6.45) is 6.94. The molecule has 0 spiro atoms. The molecule has 0 saturated heterocycles. The maximum Gasteiger partial charge on any atom is 0.119 e. The lowest BCUT2D eigenvalue weighted by molar-refractivity contribution is 0.316. The van der Waals surface area contributed by atoms with Gasteiger partial charge in [-0.25, -0.2) is 0 Å². The monoisotopic (exact) mass is 325 g/mol. The van der Waals surface area contributed by atoms with Gasteiger partial charge in [-0.05, 0) is 66.5 Å². The van der Waals surface area contributed by atoms with Crippen LogP contribution in [-0.2, 0) is 0 Å². The van der Waals surface area contributed by atoms with Gasteiger partial charge in [0.05, 0.1) is 12.6 Å². The Morgan fingerprint density at radius 2 is 2.22 bits per heavy atom. The summed E-state index contributed by atoms with van der Waals surface area (Å²) in [5.41, 5.74) is 4.06. The maximum atomic E-state index is 5.84. The van der Waals surface area contributed by atoms with Crippen LogP contribution >= 0.6 is 11.3 Å². The second-order valence-electron chi connectivity index (χ2n) is 6.54. The van der Waals surface area contributed by atoms with Gasteiger partial charge in [0, 0.05) is 16.5 Å². The highest BCUT2D eigenvalue weighted by Gasteiger charge is 2.38. The topological polar surface area (TPSA) is 21.3 Å². The Morgan fingerprint density at radius 3 is 3.00 bits per heavy atom. The third kappa shape index (κ3) is 2.57. The molecule has 23 heavy (non-hydrogen) atoms. The molecule has 2 nitrogen and oxygen atoms in total. The van der Waals surface area contributed by atoms with E-state index in [1.807, 2.05) is 11.3 Å². The van der Waals surface area contributed by atoms with Crippen molar-refractivity contribution in [1.29, 1.82) is 0 Å². The van der Waals surface area contributed by atoms with Crippen molar-refractivity contribution in [3.63, 3.8) is 0 Å². The van der Waals surface area contributed by atoms with Crippen LogP contribution in [0, 0.1) is 12.8 Å². The number of rotatable bonds is 4. The lowest BCUT2D eigenvalue weighted by Gasteiger charge is -2.37. The highest BCUT2D eigenvalue weighted by atomic mass is 32.1. The molecule has 0 fully saturated rings. The van der Waals surface area contributed by atoms with Crippen LogP contribution in [-0.4, -0.2) is 6.61 Å². The highest BCUT2D eigenvalue weighted by Crippen LogP contribution is 2.51. The van der Waals surface area contributed by atoms with Crippen LogP contribution in [0.25, 0.3) is 0 Å². The van der Waals surface area contributed by atoms with Crippen molar-refractivity contribution in [2.45, 2.75) is 38.6 Å². The van der Waals surface area contributed by atoms with Crippen molar-refractivity contribution in [3.8, 4) is 5.75 Å². The Hall–Kier alpha value is -1.74. The largest absolute Gasteiger partial charge is 0.494 e. The standard InChI is InChI=1S/C20H23NOS/c1-3-10-22-14-7-8-18-17(12-14)15-5-4-6-16(15)19(21-18)20-13(2)9-11-23-20/h4-5,7-9,11-12,15-16,19,21H,3,6,10H2,1-2H3. The first-order chi connectivity index (χ1) is 11.3. The van der Waals surface area contributed by atoms with Gasteiger partial charge in [-0.1, -0.05) is 19.1 Å². The van der Waals surface area contributed by atoms with E-state index in [0.717, 1.165) is 25.2 Å². The molecule has 2 aliphatic rings. The minimum Gasteiger partial charge on any atom is -0.494 e. The van der Waals surface area contributed by atoms with Crippen molar-refractivity contribution >= 4 is 17.0 Å². The lowest BCUT2D eigenvalue weighted by Crippen LogP contribution is -2.28. The molecule has 2 aromatic rings. The minimum absolute atomic E-state index is 0.421. The summed E-state index contributed by atoms with van der Waals surface area (Å²) in [4.78, 5) is 1.49. The van der Waals surface area contributed by atoms with Gasteiger partial charge in [-0.15, -0.1) is 11.3 Å². The summed E-state index contributed by atoms with van der Waals surface area (Å²) in [6, 6.07) is 9.18. The van der Waals surface area contributed by atoms with E-state index >= 15 is 0 Å². The van der Waals surface area contributed by atoms with Gasteiger partial charge in [-0.2, -0.15) is 0 Å². The van der Waals surface area contributed by atoms with E-state index in [4.69, 9.17) is 4.74 Å². The molecule has 3 atom stereocenters. The van der Waals surface area contributed by atoms with Crippen LogP contribution in [0.4, 0.5) is 5.69 Å². The first-order valence-corrected chi connectivity index (χ1v) is 9.40. The number of ether oxygens (including phenoxy) is 1. The zero-order chi connectivity index (χ0) is 15.8. The Labute approximate surface area is 142 Å². The van der Waals surface area contributed by atoms with Gasteiger partial charge >= 0.3 is 0 Å². The Kier molecular flexibility index (Phi) is 3.90. The zero-order valence-electron chi connectivity index (χ0n) is 13.7. The number of anilines is 1. The number of nitrogens with one attached hydrogen (secondary N) is 1. The van der Waals surface area contributed by atoms with Gasteiger partial charge < -0.3 is 10.1 Å². The summed E-state index contributed by atoms with van der Waals surface area (Å²) < 4.78 is 5.84. The Bertz CT molecular complexity index is 733. The van der Waals surface area contributed by atoms with E-state index in [9.17, 15) is 0 Å². The summed E-state index contributed by atoms with van der Waals surface area (Å²) in [7, 11) is 0. The molecule has 1 aliphatic carbocycles. The Morgan fingerprint density at radius 1 is 1.30 bits per heavy atom. The second kappa shape index (κ2) is 6.04. The van der Waals surface area contributed by atoms with Crippen molar-refractivity contribution in [2.24, 2.45) is 5.92 Å². The number of hydrogen-bond donors (Lipinski definition) is 1. The highest BCUT2D eigenvalue weighted by molar-refractivity contribution is 7.10. The number of thiophene rings is 1. The van der Waals surface area contributed by atoms with E-state index in [1.54, 1.807) is 0 Å². The number of allylic oxidation sites excluding steroid dienone is 2. The van der Waals surface area contributed by atoms with Crippen molar-refractivity contribution in [3.05, 3.63) is 57.8 Å². The predicted molar refractivity (Wildman–Crippen MR) is 97.6 cm³/mol. The average Bonchev–Trinajstić information content (AvgIpc) is 3.21. The molecule has 1 aromatic heterocycles. The number of aryl methyl sites for hydroxylation is 1. The molecule has 0 bridgehead atoms. The minimum atomic E-state index is 0.421. The van der Waals surface area contributed by atoms with E-state index in [0.29, 0.717) is 17.9 Å². The number of benzene rings is 1. The molecule has 2 heterocycles. The van der Waals surface area contributed by atoms with E-state index in [2.05, 4.69) is 61.0 Å². The first-order valence-electron chi connectivity index (χ1n) is 8.52. The smallest absolute Gasteiger partial charge is 0.119 e. The van der Waals surface area contributed by atoms with Crippen molar-refractivity contribution in [1.82, 2.24) is 0 Å². The average molecular weight is 325 g/mol. The van der Waals surface area contributed by atoms with Crippen LogP contribution in [0.5, 0.6) is 5.75 Å². The molecule has 1 aliphatic heterocycles. The molecular weight excluding hydrogens is 302 g/mol. The van der Waals surface area contributed by atoms with Gasteiger partial charge in [0.1, 0.15) is 5.75 Å². The summed E-state index contributed by atoms with van der Waals surface area (Å²) >= 11 is 1.88. The van der Waals surface area contributed by atoms with Gasteiger partial charge in [0.15, 0.2) is 0 Å². The number of hydrogen-bond acceptors (Lipinski definition) is 3. The maximum absolute atomic E-state index is 5.84. The van der Waals surface area contributed by atoms with Crippen LogP contribution < -0.4 is 10.1 Å². The molecule has 1 N–H and O–H groups in total. The lowest BCUT2D eigenvalue weighted by atomic mass is 9.78. The predicted octanol–water partition coefficient (Wildman–Crippen LogP) is 5.67. The zero-order valence-corrected chi connectivity index (χ0v) is 14.5. The summed E-state index contributed by atoms with van der Waals surface area (Å²) in [6.45, 7) is 5.15. The molecule has 3 unspecified atom stereocenters. The van der Waals surface area contributed by atoms with Gasteiger partial charge in [-0.3, -0.25) is 0 Å². The SMILES string of the molecule is CCCOc1ccc2c(c1)C1C=CCC1C(c1sccc1C)N2. The molecule has 0 saturated carbocycles. The van der Waals surface area contributed by atoms with E-state index in [1.165, 1.54) is 21.7 Å². The third-order valence-electron chi connectivity index (χ3n) is 4.99. The van der Waals surface area contributed by atoms with Gasteiger partial charge in [0.2, 0.25) is 0 Å². The molecule has 0 amide bonds. The summed E-state index contributed by atoms with van der Waals surface area (Å²) in [5.74, 6) is 2.11. The van der Waals surface area contributed by atoms with Gasteiger partial charge in [0.25, 0.3) is 0 Å². The quantitative estimate of drug-likeness (QED) is 0.731. The second-order valence-corrected chi connectivity index (χ2v) is 7.49. The molecule has 3 heteroatoms. The third-order valence-corrected chi connectivity index (χ3v) is 6.09. The normalized spacial score (nSPS) is 24.9. The first kappa shape index (κ1) is 14.8. The van der Waals surface area contributed by atoms with Crippen molar-refractivity contribution < 1.29 is 4.74 Å². The van der Waals surface area contributed by atoms with Crippen molar-refractivity contribution in [2.75, 3.05) is 11.9 Å². The molecular formula is C20H23NOS. The number of fused-ring (bicyclic) bond motifs is 3. The van der Waals surface area contributed by atoms with Crippen LogP contribution in [0.1, 0.15) is 47.7 Å². The molecule has 0 radical (unpaired) electrons. The van der Waals surface area contributed by atoms with E-state index < -0.39 is 0 Å². The fraction of sp³-hybridized carbons (Fsp3) is 0.400. The van der Waals surface area contributed by atoms with Crippen LogP contribution in [0.15, 0.2) is 41.8 Å². The van der Waals surface area contributed by atoms with E-state index in [-0.39, 0.29) is 0 Å². The summed E-state index contributed by atoms with van der Waals surface area (Å²) in [5, 5.41) is 6.02. The Balaban J connectivity index is 1.70.